The van der Waals surface area contributed by atoms with Crippen LogP contribution in [0.15, 0.2) is 36.4 Å². The van der Waals surface area contributed by atoms with Crippen molar-refractivity contribution < 1.29 is 4.74 Å². The molecule has 98 valence electrons. The van der Waals surface area contributed by atoms with Crippen molar-refractivity contribution in [3.63, 3.8) is 0 Å². The summed E-state index contributed by atoms with van der Waals surface area (Å²) in [6, 6.07) is 11.8. The van der Waals surface area contributed by atoms with E-state index in [1.54, 1.807) is 13.2 Å². The van der Waals surface area contributed by atoms with Crippen LogP contribution in [-0.2, 0) is 10.3 Å². The van der Waals surface area contributed by atoms with Crippen molar-refractivity contribution in [3.8, 4) is 11.3 Å². The number of methoxy groups -OCH3 is 1. The minimum absolute atomic E-state index is 0.334. The Balaban J connectivity index is 2.06. The first-order valence-corrected chi connectivity index (χ1v) is 6.49. The highest BCUT2D eigenvalue weighted by atomic mass is 16.5. The molecule has 2 N–H and O–H groups in total. The van der Waals surface area contributed by atoms with Gasteiger partial charge in [0.25, 0.3) is 0 Å². The summed E-state index contributed by atoms with van der Waals surface area (Å²) in [5, 5.41) is 0. The second-order valence-corrected chi connectivity index (χ2v) is 4.92. The zero-order chi connectivity index (χ0) is 13.3. The second-order valence-electron chi connectivity index (χ2n) is 4.92. The lowest BCUT2D eigenvalue weighted by atomic mass is 9.79. The van der Waals surface area contributed by atoms with Gasteiger partial charge in [0.1, 0.15) is 11.4 Å². The molecule has 1 aromatic heterocycles. The smallest absolute Gasteiger partial charge is 0.163 e. The van der Waals surface area contributed by atoms with Crippen LogP contribution in [0.25, 0.3) is 11.3 Å². The van der Waals surface area contributed by atoms with E-state index >= 15 is 0 Å². The fourth-order valence-electron chi connectivity index (χ4n) is 2.44. The van der Waals surface area contributed by atoms with Gasteiger partial charge >= 0.3 is 0 Å². The molecule has 19 heavy (non-hydrogen) atoms. The normalized spacial score (nSPS) is 16.9. The van der Waals surface area contributed by atoms with Crippen molar-refractivity contribution in [1.82, 2.24) is 9.97 Å². The number of nitrogens with two attached hydrogens (primary N) is 1. The summed E-state index contributed by atoms with van der Waals surface area (Å²) in [4.78, 5) is 9.02. The van der Waals surface area contributed by atoms with E-state index in [0.29, 0.717) is 11.6 Å². The molecule has 0 saturated heterocycles. The Morgan fingerprint density at radius 3 is 2.47 bits per heavy atom. The second kappa shape index (κ2) is 4.63. The van der Waals surface area contributed by atoms with Gasteiger partial charge in [-0.2, -0.15) is 0 Å². The molecular weight excluding hydrogens is 238 g/mol. The van der Waals surface area contributed by atoms with Gasteiger partial charge in [-0.15, -0.1) is 0 Å². The van der Waals surface area contributed by atoms with E-state index in [4.69, 9.17) is 10.5 Å². The number of ether oxygens (including phenoxy) is 1. The van der Waals surface area contributed by atoms with Crippen LogP contribution in [0, 0.1) is 0 Å². The van der Waals surface area contributed by atoms with Gasteiger partial charge in [-0.3, -0.25) is 0 Å². The lowest BCUT2D eigenvalue weighted by molar-refractivity contribution is -0.0844. The molecule has 2 aromatic rings. The van der Waals surface area contributed by atoms with Crippen LogP contribution in [0.5, 0.6) is 0 Å². The average Bonchev–Trinajstić information content (AvgIpc) is 2.39. The van der Waals surface area contributed by atoms with Crippen molar-refractivity contribution in [1.29, 1.82) is 0 Å². The third kappa shape index (κ3) is 2.08. The van der Waals surface area contributed by atoms with Crippen LogP contribution in [0.1, 0.15) is 25.1 Å². The first-order valence-electron chi connectivity index (χ1n) is 6.49. The van der Waals surface area contributed by atoms with E-state index in [2.05, 4.69) is 9.97 Å². The van der Waals surface area contributed by atoms with Gasteiger partial charge in [-0.05, 0) is 19.3 Å². The summed E-state index contributed by atoms with van der Waals surface area (Å²) >= 11 is 0. The fourth-order valence-corrected chi connectivity index (χ4v) is 2.44. The van der Waals surface area contributed by atoms with Gasteiger partial charge in [0.2, 0.25) is 0 Å². The molecule has 1 saturated carbocycles. The van der Waals surface area contributed by atoms with Gasteiger partial charge in [0.05, 0.1) is 5.69 Å². The van der Waals surface area contributed by atoms with E-state index in [0.717, 1.165) is 30.5 Å². The summed E-state index contributed by atoms with van der Waals surface area (Å²) in [5.74, 6) is 1.20. The highest BCUT2D eigenvalue weighted by Crippen LogP contribution is 2.43. The first-order chi connectivity index (χ1) is 9.23. The van der Waals surface area contributed by atoms with E-state index in [1.807, 2.05) is 30.3 Å². The predicted molar refractivity (Wildman–Crippen MR) is 74.4 cm³/mol. The molecule has 3 rings (SSSR count). The predicted octanol–water partition coefficient (Wildman–Crippen LogP) is 2.75. The number of aromatic nitrogens is 2. The third-order valence-corrected chi connectivity index (χ3v) is 3.77. The average molecular weight is 255 g/mol. The van der Waals surface area contributed by atoms with Crippen LogP contribution >= 0.6 is 0 Å². The molecule has 4 nitrogen and oxygen atoms in total. The van der Waals surface area contributed by atoms with Crippen LogP contribution in [0.3, 0.4) is 0 Å². The summed E-state index contributed by atoms with van der Waals surface area (Å²) in [6.45, 7) is 0. The monoisotopic (exact) mass is 255 g/mol. The zero-order valence-electron chi connectivity index (χ0n) is 11.0. The number of nitrogens with zero attached hydrogens (tertiary/aromatic N) is 2. The molecule has 1 heterocycles. The minimum Gasteiger partial charge on any atom is -0.384 e. The maximum absolute atomic E-state index is 5.92. The van der Waals surface area contributed by atoms with Crippen molar-refractivity contribution in [2.24, 2.45) is 0 Å². The SMILES string of the molecule is COC1(c2nc(N)cc(-c3ccccc3)n2)CCC1. The molecule has 0 atom stereocenters. The molecule has 0 spiro atoms. The lowest BCUT2D eigenvalue weighted by Gasteiger charge is -2.38. The highest BCUT2D eigenvalue weighted by molar-refractivity contribution is 5.61. The maximum Gasteiger partial charge on any atom is 0.163 e. The van der Waals surface area contributed by atoms with Crippen LogP contribution < -0.4 is 5.73 Å². The Bertz CT molecular complexity index is 574. The van der Waals surface area contributed by atoms with Gasteiger partial charge < -0.3 is 10.5 Å². The van der Waals surface area contributed by atoms with Crippen molar-refractivity contribution >= 4 is 5.82 Å². The molecule has 0 radical (unpaired) electrons. The number of hydrogen-bond acceptors (Lipinski definition) is 4. The molecule has 1 aromatic carbocycles. The van der Waals surface area contributed by atoms with Crippen molar-refractivity contribution in [2.45, 2.75) is 24.9 Å². The Labute approximate surface area is 112 Å². The molecule has 1 aliphatic rings. The molecule has 4 heteroatoms. The van der Waals surface area contributed by atoms with E-state index in [9.17, 15) is 0 Å². The van der Waals surface area contributed by atoms with Crippen LogP contribution in [0.2, 0.25) is 0 Å². The third-order valence-electron chi connectivity index (χ3n) is 3.77. The van der Waals surface area contributed by atoms with Gasteiger partial charge in [0.15, 0.2) is 5.82 Å². The van der Waals surface area contributed by atoms with E-state index in [1.165, 1.54) is 0 Å². The number of rotatable bonds is 3. The summed E-state index contributed by atoms with van der Waals surface area (Å²) in [6.07, 6.45) is 3.06. The maximum atomic E-state index is 5.92. The van der Waals surface area contributed by atoms with Crippen LogP contribution in [0.4, 0.5) is 5.82 Å². The molecular formula is C15H17N3O. The summed E-state index contributed by atoms with van der Waals surface area (Å²) in [7, 11) is 1.72. The number of nitrogen functional groups attached to an aromatic ring is 1. The minimum atomic E-state index is -0.334. The van der Waals surface area contributed by atoms with E-state index < -0.39 is 0 Å². The highest BCUT2D eigenvalue weighted by Gasteiger charge is 2.42. The Hall–Kier alpha value is -1.94. The Kier molecular flexibility index (Phi) is 2.95. The molecule has 1 fully saturated rings. The Morgan fingerprint density at radius 2 is 1.89 bits per heavy atom. The molecule has 0 bridgehead atoms. The van der Waals surface area contributed by atoms with Crippen LogP contribution in [-0.4, -0.2) is 17.1 Å². The fraction of sp³-hybridized carbons (Fsp3) is 0.333. The summed E-state index contributed by atoms with van der Waals surface area (Å²) in [5.41, 5.74) is 7.48. The summed E-state index contributed by atoms with van der Waals surface area (Å²) < 4.78 is 5.63. The Morgan fingerprint density at radius 1 is 1.16 bits per heavy atom. The van der Waals surface area contributed by atoms with Crippen molar-refractivity contribution in [2.75, 3.05) is 12.8 Å². The van der Waals surface area contributed by atoms with Crippen molar-refractivity contribution in [3.05, 3.63) is 42.2 Å². The van der Waals surface area contributed by atoms with Gasteiger partial charge in [-0.1, -0.05) is 30.3 Å². The van der Waals surface area contributed by atoms with E-state index in [-0.39, 0.29) is 5.60 Å². The first kappa shape index (κ1) is 12.1. The van der Waals surface area contributed by atoms with Gasteiger partial charge in [0, 0.05) is 18.7 Å². The molecule has 0 amide bonds. The van der Waals surface area contributed by atoms with Gasteiger partial charge in [-0.25, -0.2) is 9.97 Å². The quantitative estimate of drug-likeness (QED) is 0.916. The zero-order valence-corrected chi connectivity index (χ0v) is 11.0. The standard InChI is InChI=1S/C15H17N3O/c1-19-15(8-5-9-15)14-17-12(10-13(16)18-14)11-6-3-2-4-7-11/h2-4,6-7,10H,5,8-9H2,1H3,(H2,16,17,18). The number of anilines is 1. The largest absolute Gasteiger partial charge is 0.384 e. The lowest BCUT2D eigenvalue weighted by Crippen LogP contribution is -2.38. The number of hydrogen-bond donors (Lipinski definition) is 1. The topological polar surface area (TPSA) is 61.0 Å². The molecule has 0 unspecified atom stereocenters. The molecule has 1 aliphatic carbocycles. The number of benzene rings is 1. The molecule has 0 aliphatic heterocycles.